The van der Waals surface area contributed by atoms with Gasteiger partial charge in [0.2, 0.25) is 5.56 Å². The van der Waals surface area contributed by atoms with Crippen LogP contribution in [0.4, 0.5) is 0 Å². The summed E-state index contributed by atoms with van der Waals surface area (Å²) in [6.07, 6.45) is 1.27. The van der Waals surface area contributed by atoms with Gasteiger partial charge in [-0.05, 0) is 34.1 Å². The lowest BCUT2D eigenvalue weighted by molar-refractivity contribution is 0.0846. The van der Waals surface area contributed by atoms with E-state index in [9.17, 15) is 14.4 Å². The van der Waals surface area contributed by atoms with E-state index in [4.69, 9.17) is 0 Å². The number of carbonyl (C=O) groups is 2. The first-order valence-electron chi connectivity index (χ1n) is 5.62. The van der Waals surface area contributed by atoms with Crippen molar-refractivity contribution in [2.45, 2.75) is 0 Å². The summed E-state index contributed by atoms with van der Waals surface area (Å²) >= 11 is 3.24. The van der Waals surface area contributed by atoms with Gasteiger partial charge in [0, 0.05) is 16.7 Å². The van der Waals surface area contributed by atoms with Crippen LogP contribution in [0.5, 0.6) is 0 Å². The molecule has 102 valence electrons. The number of pyridine rings is 1. The lowest BCUT2D eigenvalue weighted by Crippen LogP contribution is -2.41. The predicted octanol–water partition coefficient (Wildman–Crippen LogP) is 1.21. The molecular weight excluding hydrogens is 326 g/mol. The van der Waals surface area contributed by atoms with Gasteiger partial charge in [-0.25, -0.2) is 0 Å². The Morgan fingerprint density at radius 3 is 2.35 bits per heavy atom. The maximum absolute atomic E-state index is 11.8. The van der Waals surface area contributed by atoms with E-state index < -0.39 is 11.8 Å². The fraction of sp³-hybridized carbons (Fsp3) is 0. The van der Waals surface area contributed by atoms with Crippen molar-refractivity contribution in [2.75, 3.05) is 0 Å². The number of nitrogens with one attached hydrogen (secondary N) is 3. The summed E-state index contributed by atoms with van der Waals surface area (Å²) in [6, 6.07) is 9.41. The van der Waals surface area contributed by atoms with Gasteiger partial charge in [-0.1, -0.05) is 12.1 Å². The van der Waals surface area contributed by atoms with Crippen LogP contribution in [-0.2, 0) is 0 Å². The van der Waals surface area contributed by atoms with Crippen LogP contribution in [0.2, 0.25) is 0 Å². The van der Waals surface area contributed by atoms with Gasteiger partial charge >= 0.3 is 0 Å². The molecule has 0 saturated carbocycles. The lowest BCUT2D eigenvalue weighted by Gasteiger charge is -2.08. The average Bonchev–Trinajstić information content (AvgIpc) is 2.45. The summed E-state index contributed by atoms with van der Waals surface area (Å²) in [6.45, 7) is 0. The van der Waals surface area contributed by atoms with Crippen LogP contribution in [0.1, 0.15) is 20.7 Å². The maximum Gasteiger partial charge on any atom is 0.271 e. The highest BCUT2D eigenvalue weighted by atomic mass is 79.9. The molecule has 1 aromatic carbocycles. The number of hydrazine groups is 1. The molecular formula is C13H10BrN3O3. The van der Waals surface area contributed by atoms with Crippen molar-refractivity contribution in [1.29, 1.82) is 0 Å². The minimum atomic E-state index is -0.526. The number of carbonyl (C=O) groups excluding carboxylic acids is 2. The van der Waals surface area contributed by atoms with Crippen molar-refractivity contribution in [3.05, 3.63) is 68.5 Å². The number of hydrogen-bond acceptors (Lipinski definition) is 3. The van der Waals surface area contributed by atoms with Crippen LogP contribution < -0.4 is 16.4 Å². The van der Waals surface area contributed by atoms with E-state index in [0.29, 0.717) is 10.0 Å². The highest BCUT2D eigenvalue weighted by Gasteiger charge is 2.11. The summed E-state index contributed by atoms with van der Waals surface area (Å²) in [5.41, 5.74) is 4.88. The van der Waals surface area contributed by atoms with Crippen molar-refractivity contribution in [3.8, 4) is 0 Å². The van der Waals surface area contributed by atoms with Crippen LogP contribution in [0.25, 0.3) is 0 Å². The molecule has 0 aliphatic carbocycles. The zero-order valence-corrected chi connectivity index (χ0v) is 11.7. The average molecular weight is 336 g/mol. The quantitative estimate of drug-likeness (QED) is 0.720. The molecule has 20 heavy (non-hydrogen) atoms. The first kappa shape index (κ1) is 14.0. The van der Waals surface area contributed by atoms with Gasteiger partial charge in [-0.3, -0.25) is 25.2 Å². The molecule has 1 heterocycles. The van der Waals surface area contributed by atoms with E-state index >= 15 is 0 Å². The number of aromatic amines is 1. The second-order valence-corrected chi connectivity index (χ2v) is 4.68. The Morgan fingerprint density at radius 2 is 1.70 bits per heavy atom. The number of H-pyrrole nitrogens is 1. The Kier molecular flexibility index (Phi) is 4.31. The minimum absolute atomic E-state index is 0.233. The van der Waals surface area contributed by atoms with Crippen molar-refractivity contribution >= 4 is 27.7 Å². The van der Waals surface area contributed by atoms with Crippen molar-refractivity contribution in [3.63, 3.8) is 0 Å². The molecule has 2 aromatic rings. The van der Waals surface area contributed by atoms with E-state index in [1.807, 2.05) is 0 Å². The van der Waals surface area contributed by atoms with E-state index in [1.165, 1.54) is 18.3 Å². The molecule has 0 aliphatic heterocycles. The number of amides is 2. The van der Waals surface area contributed by atoms with Gasteiger partial charge in [0.25, 0.3) is 11.8 Å². The third kappa shape index (κ3) is 3.33. The molecule has 7 heteroatoms. The number of benzene rings is 1. The smallest absolute Gasteiger partial charge is 0.271 e. The van der Waals surface area contributed by atoms with E-state index in [-0.39, 0.29) is 11.1 Å². The normalized spacial score (nSPS) is 9.85. The fourth-order valence-electron chi connectivity index (χ4n) is 1.45. The van der Waals surface area contributed by atoms with Gasteiger partial charge < -0.3 is 4.98 Å². The molecule has 2 amide bonds. The van der Waals surface area contributed by atoms with Gasteiger partial charge in [0.15, 0.2) is 0 Å². The summed E-state index contributed by atoms with van der Waals surface area (Å²) in [5.74, 6) is -0.975. The molecule has 0 radical (unpaired) electrons. The van der Waals surface area contributed by atoms with Crippen molar-refractivity contribution in [2.24, 2.45) is 0 Å². The van der Waals surface area contributed by atoms with Gasteiger partial charge in [0.1, 0.15) is 0 Å². The summed E-state index contributed by atoms with van der Waals surface area (Å²) < 4.78 is 0.621. The Hall–Kier alpha value is -2.41. The molecule has 6 nitrogen and oxygen atoms in total. The standard InChI is InChI=1S/C13H10BrN3O3/c14-10-4-2-1-3-9(10)13(20)17-16-12(19)8-5-6-11(18)15-7-8/h1-7H,(H,15,18)(H,16,19)(H,17,20). The van der Waals surface area contributed by atoms with Crippen molar-refractivity contribution in [1.82, 2.24) is 15.8 Å². The van der Waals surface area contributed by atoms with Gasteiger partial charge in [0.05, 0.1) is 11.1 Å². The van der Waals surface area contributed by atoms with E-state index in [2.05, 4.69) is 31.8 Å². The lowest BCUT2D eigenvalue weighted by atomic mass is 10.2. The monoisotopic (exact) mass is 335 g/mol. The number of halogens is 1. The third-order valence-corrected chi connectivity index (χ3v) is 3.15. The Labute approximate surface area is 122 Å². The first-order chi connectivity index (χ1) is 9.58. The van der Waals surface area contributed by atoms with Crippen LogP contribution in [-0.4, -0.2) is 16.8 Å². The molecule has 0 bridgehead atoms. The SMILES string of the molecule is O=C(NNC(=O)c1ccccc1Br)c1ccc(=O)[nH]c1. The molecule has 0 atom stereocenters. The molecule has 3 N–H and O–H groups in total. The van der Waals surface area contributed by atoms with Crippen LogP contribution >= 0.6 is 15.9 Å². The molecule has 0 spiro atoms. The Balaban J connectivity index is 2.00. The molecule has 0 fully saturated rings. The number of aromatic nitrogens is 1. The third-order valence-electron chi connectivity index (χ3n) is 2.45. The van der Waals surface area contributed by atoms with Crippen molar-refractivity contribution < 1.29 is 9.59 Å². The molecule has 2 rings (SSSR count). The highest BCUT2D eigenvalue weighted by molar-refractivity contribution is 9.10. The van der Waals surface area contributed by atoms with Gasteiger partial charge in [-0.2, -0.15) is 0 Å². The largest absolute Gasteiger partial charge is 0.328 e. The maximum atomic E-state index is 11.8. The zero-order valence-electron chi connectivity index (χ0n) is 10.1. The number of rotatable bonds is 2. The molecule has 1 aromatic heterocycles. The second kappa shape index (κ2) is 6.16. The fourth-order valence-corrected chi connectivity index (χ4v) is 1.92. The topological polar surface area (TPSA) is 91.1 Å². The molecule has 0 unspecified atom stereocenters. The second-order valence-electron chi connectivity index (χ2n) is 3.83. The highest BCUT2D eigenvalue weighted by Crippen LogP contribution is 2.15. The van der Waals surface area contributed by atoms with Crippen LogP contribution in [0, 0.1) is 0 Å². The minimum Gasteiger partial charge on any atom is -0.328 e. The summed E-state index contributed by atoms with van der Waals surface area (Å²) in [7, 11) is 0. The number of hydrogen-bond donors (Lipinski definition) is 3. The summed E-state index contributed by atoms with van der Waals surface area (Å²) in [5, 5.41) is 0. The summed E-state index contributed by atoms with van der Waals surface area (Å²) in [4.78, 5) is 36.8. The predicted molar refractivity (Wildman–Crippen MR) is 76.1 cm³/mol. The molecule has 0 saturated heterocycles. The zero-order chi connectivity index (χ0) is 14.5. The van der Waals surface area contributed by atoms with Crippen LogP contribution in [0.3, 0.4) is 0 Å². The molecule has 0 aliphatic rings. The van der Waals surface area contributed by atoms with Gasteiger partial charge in [-0.15, -0.1) is 0 Å². The van der Waals surface area contributed by atoms with E-state index in [0.717, 1.165) is 0 Å². The first-order valence-corrected chi connectivity index (χ1v) is 6.41. The van der Waals surface area contributed by atoms with Crippen LogP contribution in [0.15, 0.2) is 51.9 Å². The Bertz CT molecular complexity index is 692. The Morgan fingerprint density at radius 1 is 1.00 bits per heavy atom. The van der Waals surface area contributed by atoms with E-state index in [1.54, 1.807) is 24.3 Å².